The minimum atomic E-state index is -0.0468. The van der Waals surface area contributed by atoms with Crippen molar-refractivity contribution in [1.29, 1.82) is 0 Å². The zero-order valence-electron chi connectivity index (χ0n) is 12.5. The van der Waals surface area contributed by atoms with Crippen LogP contribution in [0.5, 0.6) is 0 Å². The second-order valence-corrected chi connectivity index (χ2v) is 6.14. The first-order valence-corrected chi connectivity index (χ1v) is 7.52. The first-order chi connectivity index (χ1) is 9.54. The summed E-state index contributed by atoms with van der Waals surface area (Å²) in [5, 5.41) is 4.54. The van der Waals surface area contributed by atoms with E-state index in [0.29, 0.717) is 6.04 Å². The number of carbonyl (C=O) groups is 1. The number of hydrogen-bond acceptors (Lipinski definition) is 4. The van der Waals surface area contributed by atoms with E-state index in [1.54, 1.807) is 0 Å². The van der Waals surface area contributed by atoms with E-state index in [1.165, 1.54) is 5.69 Å². The molecule has 5 heteroatoms. The molecule has 1 aromatic heterocycles. The van der Waals surface area contributed by atoms with E-state index in [-0.39, 0.29) is 18.1 Å². The summed E-state index contributed by atoms with van der Waals surface area (Å²) < 4.78 is 7.38. The third-order valence-corrected chi connectivity index (χ3v) is 4.45. The lowest BCUT2D eigenvalue weighted by Gasteiger charge is -2.28. The summed E-state index contributed by atoms with van der Waals surface area (Å²) in [6.07, 6.45) is 3.17. The molecule has 0 aromatic carbocycles. The number of cyclic esters (lactones) is 1. The Kier molecular flexibility index (Phi) is 3.54. The largest absolute Gasteiger partial charge is 0.461 e. The number of aromatic nitrogens is 2. The van der Waals surface area contributed by atoms with Gasteiger partial charge in [-0.15, -0.1) is 0 Å². The molecule has 2 saturated heterocycles. The number of likely N-dealkylation sites (tertiary alicyclic amines) is 1. The summed E-state index contributed by atoms with van der Waals surface area (Å²) in [5.41, 5.74) is 2.25. The molecule has 2 aliphatic rings. The predicted octanol–water partition coefficient (Wildman–Crippen LogP) is 1.67. The average Bonchev–Trinajstić information content (AvgIpc) is 3.02. The Bertz CT molecular complexity index is 511. The third kappa shape index (κ3) is 2.46. The van der Waals surface area contributed by atoms with Crippen LogP contribution in [0.2, 0.25) is 0 Å². The number of aryl methyl sites for hydroxylation is 2. The zero-order chi connectivity index (χ0) is 14.3. The molecule has 3 atom stereocenters. The van der Waals surface area contributed by atoms with Crippen molar-refractivity contribution in [2.75, 3.05) is 6.54 Å². The van der Waals surface area contributed by atoms with Crippen molar-refractivity contribution in [3.8, 4) is 0 Å². The highest BCUT2D eigenvalue weighted by atomic mass is 16.6. The number of ether oxygens (including phenoxy) is 1. The Hall–Kier alpha value is -1.36. The van der Waals surface area contributed by atoms with Crippen molar-refractivity contribution in [1.82, 2.24) is 14.7 Å². The van der Waals surface area contributed by atoms with Crippen LogP contribution in [0.3, 0.4) is 0 Å². The molecule has 0 bridgehead atoms. The quantitative estimate of drug-likeness (QED) is 0.789. The summed E-state index contributed by atoms with van der Waals surface area (Å²) in [6.45, 7) is 7.95. The topological polar surface area (TPSA) is 47.4 Å². The van der Waals surface area contributed by atoms with Gasteiger partial charge in [-0.25, -0.2) is 0 Å². The van der Waals surface area contributed by atoms with E-state index in [0.717, 1.165) is 38.0 Å². The van der Waals surface area contributed by atoms with Crippen molar-refractivity contribution in [3.05, 3.63) is 17.5 Å². The molecule has 0 aliphatic carbocycles. The molecule has 2 fully saturated rings. The van der Waals surface area contributed by atoms with Crippen molar-refractivity contribution in [2.45, 2.75) is 64.8 Å². The Labute approximate surface area is 119 Å². The van der Waals surface area contributed by atoms with Gasteiger partial charge in [-0.05, 0) is 46.2 Å². The lowest BCUT2D eigenvalue weighted by molar-refractivity contribution is -0.145. The average molecular weight is 277 g/mol. The van der Waals surface area contributed by atoms with Gasteiger partial charge in [-0.1, -0.05) is 0 Å². The molecule has 0 unspecified atom stereocenters. The lowest BCUT2D eigenvalue weighted by Crippen LogP contribution is -2.43. The van der Waals surface area contributed by atoms with Crippen LogP contribution in [-0.2, 0) is 16.1 Å². The van der Waals surface area contributed by atoms with Gasteiger partial charge in [0, 0.05) is 18.2 Å². The summed E-state index contributed by atoms with van der Waals surface area (Å²) in [6, 6.07) is 2.45. The summed E-state index contributed by atoms with van der Waals surface area (Å²) in [4.78, 5) is 14.3. The molecule has 2 aliphatic heterocycles. The second-order valence-electron chi connectivity index (χ2n) is 6.14. The fourth-order valence-electron chi connectivity index (χ4n) is 3.53. The van der Waals surface area contributed by atoms with Gasteiger partial charge in [-0.3, -0.25) is 14.4 Å². The van der Waals surface area contributed by atoms with Gasteiger partial charge in [0.2, 0.25) is 0 Å². The number of nitrogens with zero attached hydrogens (tertiary/aromatic N) is 3. The highest BCUT2D eigenvalue weighted by molar-refractivity contribution is 5.78. The summed E-state index contributed by atoms with van der Waals surface area (Å²) in [5.74, 6) is -0.0437. The van der Waals surface area contributed by atoms with E-state index in [1.807, 2.05) is 13.8 Å². The fourth-order valence-corrected chi connectivity index (χ4v) is 3.53. The maximum absolute atomic E-state index is 12.0. The maximum Gasteiger partial charge on any atom is 0.323 e. The molecule has 0 N–H and O–H groups in total. The molecule has 20 heavy (non-hydrogen) atoms. The number of rotatable bonds is 3. The smallest absolute Gasteiger partial charge is 0.323 e. The van der Waals surface area contributed by atoms with E-state index in [4.69, 9.17) is 4.74 Å². The van der Waals surface area contributed by atoms with Crippen molar-refractivity contribution < 1.29 is 9.53 Å². The van der Waals surface area contributed by atoms with E-state index in [9.17, 15) is 4.79 Å². The van der Waals surface area contributed by atoms with Crippen LogP contribution < -0.4 is 0 Å². The third-order valence-electron chi connectivity index (χ3n) is 4.45. The number of hydrogen-bond donors (Lipinski definition) is 0. The van der Waals surface area contributed by atoms with Gasteiger partial charge in [0.25, 0.3) is 0 Å². The molecular formula is C15H23N3O2. The molecular weight excluding hydrogens is 254 g/mol. The maximum atomic E-state index is 12.0. The zero-order valence-corrected chi connectivity index (χ0v) is 12.5. The summed E-state index contributed by atoms with van der Waals surface area (Å²) >= 11 is 0. The van der Waals surface area contributed by atoms with Crippen molar-refractivity contribution in [3.63, 3.8) is 0 Å². The van der Waals surface area contributed by atoms with Gasteiger partial charge >= 0.3 is 5.97 Å². The monoisotopic (exact) mass is 277 g/mol. The molecule has 3 rings (SSSR count). The van der Waals surface area contributed by atoms with Crippen molar-refractivity contribution in [2.24, 2.45) is 0 Å². The van der Waals surface area contributed by atoms with Gasteiger partial charge in [0.15, 0.2) is 0 Å². The molecule has 5 nitrogen and oxygen atoms in total. The molecule has 110 valence electrons. The van der Waals surface area contributed by atoms with Crippen LogP contribution in [0.25, 0.3) is 0 Å². The van der Waals surface area contributed by atoms with Gasteiger partial charge in [0.05, 0.1) is 12.2 Å². The van der Waals surface area contributed by atoms with Crippen LogP contribution in [0.15, 0.2) is 6.07 Å². The van der Waals surface area contributed by atoms with Crippen LogP contribution in [0.1, 0.15) is 37.6 Å². The molecule has 0 spiro atoms. The number of esters is 1. The number of carbonyl (C=O) groups excluding carboxylic acids is 1. The Balaban J connectivity index is 1.73. The van der Waals surface area contributed by atoms with Crippen LogP contribution in [0, 0.1) is 13.8 Å². The molecule has 3 heterocycles. The van der Waals surface area contributed by atoms with Gasteiger partial charge in [0.1, 0.15) is 12.1 Å². The molecule has 1 aromatic rings. The van der Waals surface area contributed by atoms with Crippen LogP contribution >= 0.6 is 0 Å². The Morgan fingerprint density at radius 2 is 2.25 bits per heavy atom. The Morgan fingerprint density at radius 1 is 1.45 bits per heavy atom. The highest BCUT2D eigenvalue weighted by Gasteiger charge is 2.41. The predicted molar refractivity (Wildman–Crippen MR) is 75.4 cm³/mol. The van der Waals surface area contributed by atoms with Crippen LogP contribution in [-0.4, -0.2) is 45.4 Å². The van der Waals surface area contributed by atoms with Crippen molar-refractivity contribution >= 4 is 5.97 Å². The normalized spacial score (nSPS) is 30.9. The Morgan fingerprint density at radius 3 is 2.85 bits per heavy atom. The summed E-state index contributed by atoms with van der Waals surface area (Å²) in [7, 11) is 0. The second kappa shape index (κ2) is 5.20. The minimum absolute atomic E-state index is 0.0437. The lowest BCUT2D eigenvalue weighted by atomic mass is 10.1. The first kappa shape index (κ1) is 13.6. The van der Waals surface area contributed by atoms with E-state index in [2.05, 4.69) is 27.7 Å². The standard InChI is InChI=1S/C15H23N3O2/c1-10-7-11(2)18(16-10)9-13-5-4-6-17(13)14-8-12(3)20-15(14)19/h7,12-14H,4-6,8-9H2,1-3H3/t12-,13+,14-/m1/s1. The van der Waals surface area contributed by atoms with Gasteiger partial charge < -0.3 is 4.74 Å². The molecule has 0 saturated carbocycles. The molecule has 0 radical (unpaired) electrons. The van der Waals surface area contributed by atoms with E-state index >= 15 is 0 Å². The van der Waals surface area contributed by atoms with Crippen LogP contribution in [0.4, 0.5) is 0 Å². The van der Waals surface area contributed by atoms with E-state index < -0.39 is 0 Å². The minimum Gasteiger partial charge on any atom is -0.461 e. The highest BCUT2D eigenvalue weighted by Crippen LogP contribution is 2.28. The SMILES string of the molecule is Cc1cc(C)n(C[C@@H]2CCCN2[C@@H]2C[C@@H](C)OC2=O)n1. The van der Waals surface area contributed by atoms with Gasteiger partial charge in [-0.2, -0.15) is 5.10 Å². The first-order valence-electron chi connectivity index (χ1n) is 7.52. The fraction of sp³-hybridized carbons (Fsp3) is 0.733. The molecule has 0 amide bonds.